The monoisotopic (exact) mass is 287 g/mol. The van der Waals surface area contributed by atoms with E-state index in [0.717, 1.165) is 0 Å². The molecule has 2 rings (SSSR count). The van der Waals surface area contributed by atoms with E-state index in [1.807, 2.05) is 6.92 Å². The van der Waals surface area contributed by atoms with Crippen molar-refractivity contribution in [3.8, 4) is 0 Å². The molecule has 0 aliphatic carbocycles. The second kappa shape index (κ2) is 5.08. The minimum absolute atomic E-state index is 0.0527. The summed E-state index contributed by atoms with van der Waals surface area (Å²) in [5, 5.41) is 10.9. The number of β-amino-alcohol motifs (C(OH)–C–C–N with tert-alkyl or cyclic N) is 1. The van der Waals surface area contributed by atoms with Crippen LogP contribution in [0.25, 0.3) is 0 Å². The first kappa shape index (κ1) is 13.7. The number of rotatable bonds is 3. The van der Waals surface area contributed by atoms with E-state index in [2.05, 4.69) is 0 Å². The average Bonchev–Trinajstić information content (AvgIpc) is 2.29. The van der Waals surface area contributed by atoms with Gasteiger partial charge in [0, 0.05) is 10.0 Å². The molecule has 1 fully saturated rings. The van der Waals surface area contributed by atoms with Crippen LogP contribution in [0.4, 0.5) is 0 Å². The number of hydrogen-bond donors (Lipinski definition) is 1. The van der Waals surface area contributed by atoms with Crippen LogP contribution in [0.3, 0.4) is 0 Å². The predicted molar refractivity (Wildman–Crippen MR) is 72.0 cm³/mol. The smallest absolute Gasteiger partial charge is 0.227 e. The fourth-order valence-electron chi connectivity index (χ4n) is 2.03. The van der Waals surface area contributed by atoms with Crippen LogP contribution in [0.2, 0.25) is 10.0 Å². The molecule has 1 aromatic carbocycles. The molecule has 3 nitrogen and oxygen atoms in total. The summed E-state index contributed by atoms with van der Waals surface area (Å²) in [6.07, 6.45) is 0.835. The molecule has 1 heterocycles. The number of likely N-dealkylation sites (tertiary alicyclic amines) is 1. The van der Waals surface area contributed by atoms with Gasteiger partial charge in [-0.2, -0.15) is 0 Å². The maximum Gasteiger partial charge on any atom is 0.227 e. The number of carbonyl (C=O) groups is 1. The second-order valence-corrected chi connectivity index (χ2v) is 5.52. The molecular weight excluding hydrogens is 273 g/mol. The summed E-state index contributed by atoms with van der Waals surface area (Å²) < 4.78 is 0. The Bertz CT molecular complexity index is 450. The van der Waals surface area contributed by atoms with Crippen LogP contribution in [-0.2, 0) is 11.2 Å². The van der Waals surface area contributed by atoms with E-state index in [1.165, 1.54) is 0 Å². The Morgan fingerprint density at radius 3 is 2.44 bits per heavy atom. The van der Waals surface area contributed by atoms with Gasteiger partial charge in [-0.15, -0.1) is 0 Å². The van der Waals surface area contributed by atoms with E-state index in [-0.39, 0.29) is 12.3 Å². The van der Waals surface area contributed by atoms with Gasteiger partial charge in [-0.25, -0.2) is 0 Å². The molecule has 18 heavy (non-hydrogen) atoms. The topological polar surface area (TPSA) is 40.5 Å². The molecule has 0 unspecified atom stereocenters. The zero-order valence-corrected chi connectivity index (χ0v) is 11.6. The molecule has 0 saturated carbocycles. The lowest BCUT2D eigenvalue weighted by atomic mass is 9.91. The van der Waals surface area contributed by atoms with Crippen molar-refractivity contribution in [1.29, 1.82) is 0 Å². The molecule has 1 aliphatic rings. The Labute approximate surface area is 116 Å². The Hall–Kier alpha value is -0.770. The lowest BCUT2D eigenvalue weighted by molar-refractivity contribution is -0.155. The van der Waals surface area contributed by atoms with Crippen LogP contribution >= 0.6 is 23.2 Å². The summed E-state index contributed by atoms with van der Waals surface area (Å²) in [6.45, 7) is 2.70. The third-order valence-electron chi connectivity index (χ3n) is 3.37. The molecule has 1 N–H and O–H groups in total. The SMILES string of the molecule is CCC1(O)CN(C(=O)Cc2c(Cl)cccc2Cl)C1. The van der Waals surface area contributed by atoms with Crippen molar-refractivity contribution >= 4 is 29.1 Å². The van der Waals surface area contributed by atoms with E-state index < -0.39 is 5.60 Å². The zero-order valence-electron chi connectivity index (χ0n) is 10.1. The summed E-state index contributed by atoms with van der Waals surface area (Å²) >= 11 is 12.0. The van der Waals surface area contributed by atoms with Crippen LogP contribution in [0.1, 0.15) is 18.9 Å². The van der Waals surface area contributed by atoms with Gasteiger partial charge in [0.2, 0.25) is 5.91 Å². The lowest BCUT2D eigenvalue weighted by Crippen LogP contribution is -2.63. The summed E-state index contributed by atoms with van der Waals surface area (Å²) in [4.78, 5) is 13.6. The minimum Gasteiger partial charge on any atom is -0.386 e. The lowest BCUT2D eigenvalue weighted by Gasteiger charge is -2.46. The Morgan fingerprint density at radius 1 is 1.39 bits per heavy atom. The van der Waals surface area contributed by atoms with Crippen molar-refractivity contribution < 1.29 is 9.90 Å². The quantitative estimate of drug-likeness (QED) is 0.928. The van der Waals surface area contributed by atoms with Gasteiger partial charge in [-0.1, -0.05) is 36.2 Å². The summed E-state index contributed by atoms with van der Waals surface area (Å²) in [5.41, 5.74) is -0.0577. The van der Waals surface area contributed by atoms with Crippen LogP contribution in [0, 0.1) is 0 Å². The molecule has 0 spiro atoms. The highest BCUT2D eigenvalue weighted by atomic mass is 35.5. The van der Waals surface area contributed by atoms with Gasteiger partial charge in [0.05, 0.1) is 25.1 Å². The fourth-order valence-corrected chi connectivity index (χ4v) is 2.56. The molecule has 0 aromatic heterocycles. The molecule has 5 heteroatoms. The maximum absolute atomic E-state index is 12.0. The summed E-state index contributed by atoms with van der Waals surface area (Å²) in [5.74, 6) is -0.0527. The van der Waals surface area contributed by atoms with E-state index in [9.17, 15) is 9.90 Å². The summed E-state index contributed by atoms with van der Waals surface area (Å²) in [7, 11) is 0. The molecule has 1 saturated heterocycles. The van der Waals surface area contributed by atoms with Gasteiger partial charge < -0.3 is 10.0 Å². The standard InChI is InChI=1S/C13H15Cl2NO2/c1-2-13(18)7-16(8-13)12(17)6-9-10(14)4-3-5-11(9)15/h3-5,18H,2,6-8H2,1H3. The van der Waals surface area contributed by atoms with Gasteiger partial charge in [0.25, 0.3) is 0 Å². The molecule has 1 aromatic rings. The van der Waals surface area contributed by atoms with Crippen molar-refractivity contribution in [2.75, 3.05) is 13.1 Å². The molecular formula is C13H15Cl2NO2. The Kier molecular flexibility index (Phi) is 3.85. The predicted octanol–water partition coefficient (Wildman–Crippen LogP) is 2.52. The number of aliphatic hydroxyl groups is 1. The molecule has 98 valence electrons. The largest absolute Gasteiger partial charge is 0.386 e. The highest BCUT2D eigenvalue weighted by Gasteiger charge is 2.41. The molecule has 1 aliphatic heterocycles. The first-order valence-corrected chi connectivity index (χ1v) is 6.64. The van der Waals surface area contributed by atoms with Crippen LogP contribution in [0.5, 0.6) is 0 Å². The number of benzene rings is 1. The number of nitrogens with zero attached hydrogens (tertiary/aromatic N) is 1. The first-order chi connectivity index (χ1) is 8.45. The Balaban J connectivity index is 2.01. The molecule has 0 radical (unpaired) electrons. The second-order valence-electron chi connectivity index (χ2n) is 4.70. The number of carbonyl (C=O) groups excluding carboxylic acids is 1. The summed E-state index contributed by atoms with van der Waals surface area (Å²) in [6, 6.07) is 5.18. The number of hydrogen-bond acceptors (Lipinski definition) is 2. The average molecular weight is 288 g/mol. The van der Waals surface area contributed by atoms with Crippen LogP contribution < -0.4 is 0 Å². The Morgan fingerprint density at radius 2 is 1.94 bits per heavy atom. The van der Waals surface area contributed by atoms with E-state index in [1.54, 1.807) is 23.1 Å². The van der Waals surface area contributed by atoms with E-state index in [0.29, 0.717) is 35.1 Å². The van der Waals surface area contributed by atoms with Crippen LogP contribution in [0.15, 0.2) is 18.2 Å². The van der Waals surface area contributed by atoms with E-state index in [4.69, 9.17) is 23.2 Å². The normalized spacial score (nSPS) is 17.4. The van der Waals surface area contributed by atoms with Gasteiger partial charge >= 0.3 is 0 Å². The van der Waals surface area contributed by atoms with Gasteiger partial charge in [0.15, 0.2) is 0 Å². The maximum atomic E-state index is 12.0. The van der Waals surface area contributed by atoms with Crippen molar-refractivity contribution in [2.45, 2.75) is 25.4 Å². The van der Waals surface area contributed by atoms with Crippen molar-refractivity contribution in [2.24, 2.45) is 0 Å². The van der Waals surface area contributed by atoms with E-state index >= 15 is 0 Å². The van der Waals surface area contributed by atoms with Crippen molar-refractivity contribution in [3.63, 3.8) is 0 Å². The van der Waals surface area contributed by atoms with Crippen molar-refractivity contribution in [1.82, 2.24) is 4.90 Å². The number of halogens is 2. The molecule has 0 atom stereocenters. The minimum atomic E-state index is -0.708. The first-order valence-electron chi connectivity index (χ1n) is 5.88. The van der Waals surface area contributed by atoms with Gasteiger partial charge in [0.1, 0.15) is 0 Å². The van der Waals surface area contributed by atoms with Crippen LogP contribution in [-0.4, -0.2) is 34.6 Å². The third-order valence-corrected chi connectivity index (χ3v) is 4.08. The number of amides is 1. The highest BCUT2D eigenvalue weighted by Crippen LogP contribution is 2.28. The third kappa shape index (κ3) is 2.63. The van der Waals surface area contributed by atoms with Crippen molar-refractivity contribution in [3.05, 3.63) is 33.8 Å². The van der Waals surface area contributed by atoms with Gasteiger partial charge in [-0.3, -0.25) is 4.79 Å². The fraction of sp³-hybridized carbons (Fsp3) is 0.462. The van der Waals surface area contributed by atoms with Gasteiger partial charge in [-0.05, 0) is 24.1 Å². The molecule has 0 bridgehead atoms. The highest BCUT2D eigenvalue weighted by molar-refractivity contribution is 6.36. The zero-order chi connectivity index (χ0) is 13.3. The molecule has 1 amide bonds.